The Morgan fingerprint density at radius 3 is 2.54 bits per heavy atom. The molecule has 4 aromatic rings. The van der Waals surface area contributed by atoms with Gasteiger partial charge in [-0.05, 0) is 61.0 Å². The Bertz CT molecular complexity index is 1520. The number of nitrogens with zero attached hydrogens (tertiary/aromatic N) is 1. The molecule has 0 N–H and O–H groups in total. The van der Waals surface area contributed by atoms with E-state index in [1.165, 1.54) is 36.3 Å². The number of amides is 1. The normalized spacial score (nSPS) is 14.8. The van der Waals surface area contributed by atoms with Gasteiger partial charge in [0.1, 0.15) is 18.0 Å². The number of halogens is 1. The van der Waals surface area contributed by atoms with E-state index in [4.69, 9.17) is 13.9 Å². The molecule has 35 heavy (non-hydrogen) atoms. The predicted molar refractivity (Wildman–Crippen MR) is 131 cm³/mol. The lowest BCUT2D eigenvalue weighted by atomic mass is 9.97. The number of carbonyl (C=O) groups excluding carboxylic acids is 1. The summed E-state index contributed by atoms with van der Waals surface area (Å²) in [5.41, 5.74) is 2.20. The average Bonchev–Trinajstić information content (AvgIpc) is 3.16. The smallest absolute Gasteiger partial charge is 0.295 e. The molecule has 0 spiro atoms. The average molecular weight is 471 g/mol. The summed E-state index contributed by atoms with van der Waals surface area (Å²) >= 11 is 0. The van der Waals surface area contributed by atoms with E-state index in [9.17, 15) is 14.0 Å². The number of aryl methyl sites for hydroxylation is 1. The lowest BCUT2D eigenvalue weighted by Gasteiger charge is -2.26. The highest BCUT2D eigenvalue weighted by molar-refractivity contribution is 6.10. The second-order valence-corrected chi connectivity index (χ2v) is 8.24. The number of hydrogen-bond acceptors (Lipinski definition) is 5. The Hall–Kier alpha value is -4.39. The second-order valence-electron chi connectivity index (χ2n) is 8.24. The zero-order valence-corrected chi connectivity index (χ0v) is 19.2. The quantitative estimate of drug-likeness (QED) is 0.344. The highest BCUT2D eigenvalue weighted by Crippen LogP contribution is 2.43. The van der Waals surface area contributed by atoms with E-state index in [1.807, 2.05) is 13.0 Å². The van der Waals surface area contributed by atoms with Crippen LogP contribution in [0.2, 0.25) is 0 Å². The van der Waals surface area contributed by atoms with Crippen LogP contribution in [0.25, 0.3) is 11.0 Å². The number of ether oxygens (including phenoxy) is 2. The second kappa shape index (κ2) is 8.76. The minimum absolute atomic E-state index is 0.0355. The molecule has 1 aliphatic rings. The molecule has 0 saturated carbocycles. The topological polar surface area (TPSA) is 69.0 Å². The van der Waals surface area contributed by atoms with E-state index in [0.717, 1.165) is 5.56 Å². The first-order valence-electron chi connectivity index (χ1n) is 11.0. The maximum atomic E-state index is 13.7. The van der Waals surface area contributed by atoms with Gasteiger partial charge in [-0.2, -0.15) is 0 Å². The maximum absolute atomic E-state index is 13.7. The fourth-order valence-corrected chi connectivity index (χ4v) is 4.39. The van der Waals surface area contributed by atoms with Crippen molar-refractivity contribution in [2.75, 3.05) is 18.6 Å². The fourth-order valence-electron chi connectivity index (χ4n) is 4.39. The summed E-state index contributed by atoms with van der Waals surface area (Å²) < 4.78 is 30.8. The zero-order chi connectivity index (χ0) is 24.7. The largest absolute Gasteiger partial charge is 0.493 e. The maximum Gasteiger partial charge on any atom is 0.295 e. The van der Waals surface area contributed by atoms with Crippen LogP contribution in [0.3, 0.4) is 0 Å². The van der Waals surface area contributed by atoms with Gasteiger partial charge in [-0.3, -0.25) is 14.5 Å². The number of fused-ring (bicyclic) bond motifs is 2. The van der Waals surface area contributed by atoms with Crippen LogP contribution >= 0.6 is 0 Å². The van der Waals surface area contributed by atoms with Crippen molar-refractivity contribution in [3.63, 3.8) is 0 Å². The molecule has 1 aromatic heterocycles. The van der Waals surface area contributed by atoms with Crippen LogP contribution in [0.15, 0.2) is 82.5 Å². The first-order chi connectivity index (χ1) is 16.9. The third kappa shape index (κ3) is 3.75. The molecule has 0 radical (unpaired) electrons. The fraction of sp³-hybridized carbons (Fsp3) is 0.143. The van der Waals surface area contributed by atoms with Gasteiger partial charge in [-0.15, -0.1) is 0 Å². The number of carbonyl (C=O) groups is 1. The molecular formula is C28H22FNO5. The highest BCUT2D eigenvalue weighted by atomic mass is 19.1. The van der Waals surface area contributed by atoms with Crippen molar-refractivity contribution in [3.8, 4) is 11.5 Å². The summed E-state index contributed by atoms with van der Waals surface area (Å²) in [4.78, 5) is 28.8. The van der Waals surface area contributed by atoms with Crippen molar-refractivity contribution in [2.24, 2.45) is 0 Å². The van der Waals surface area contributed by atoms with Gasteiger partial charge in [0.25, 0.3) is 5.91 Å². The molecule has 0 aliphatic carbocycles. The minimum Gasteiger partial charge on any atom is -0.493 e. The van der Waals surface area contributed by atoms with E-state index in [2.05, 4.69) is 6.58 Å². The lowest BCUT2D eigenvalue weighted by Crippen LogP contribution is -2.29. The van der Waals surface area contributed by atoms with Crippen molar-refractivity contribution in [1.29, 1.82) is 0 Å². The monoisotopic (exact) mass is 471 g/mol. The molecule has 0 saturated heterocycles. The Balaban J connectivity index is 1.76. The molecule has 1 atom stereocenters. The van der Waals surface area contributed by atoms with Gasteiger partial charge in [-0.25, -0.2) is 4.39 Å². The number of rotatable bonds is 6. The van der Waals surface area contributed by atoms with Gasteiger partial charge >= 0.3 is 0 Å². The van der Waals surface area contributed by atoms with Crippen LogP contribution in [0.4, 0.5) is 10.1 Å². The molecular weight excluding hydrogens is 449 g/mol. The first-order valence-corrected chi connectivity index (χ1v) is 11.0. The van der Waals surface area contributed by atoms with E-state index >= 15 is 0 Å². The highest BCUT2D eigenvalue weighted by Gasteiger charge is 2.44. The lowest BCUT2D eigenvalue weighted by molar-refractivity contribution is 0.0971. The van der Waals surface area contributed by atoms with Crippen molar-refractivity contribution in [2.45, 2.75) is 13.0 Å². The molecule has 3 aromatic carbocycles. The summed E-state index contributed by atoms with van der Waals surface area (Å²) in [6.07, 6.45) is 1.62. The summed E-state index contributed by atoms with van der Waals surface area (Å²) in [6.45, 7) is 5.82. The van der Waals surface area contributed by atoms with Crippen molar-refractivity contribution < 1.29 is 23.1 Å². The summed E-state index contributed by atoms with van der Waals surface area (Å²) in [5, 5.41) is 0.389. The van der Waals surface area contributed by atoms with Gasteiger partial charge in [0.05, 0.1) is 24.1 Å². The standard InChI is InChI=1S/C28H22FNO5/c1-4-13-34-22-12-6-17(15-23(22)33-3)25-24-26(31)20-14-16(2)5-11-21(20)35-27(24)28(32)30(25)19-9-7-18(29)8-10-19/h4-12,14-15,25H,1,13H2,2-3H3. The Morgan fingerprint density at radius 2 is 1.83 bits per heavy atom. The van der Waals surface area contributed by atoms with Gasteiger partial charge in [0.2, 0.25) is 5.76 Å². The summed E-state index contributed by atoms with van der Waals surface area (Å²) in [6, 6.07) is 15.2. The molecule has 7 heteroatoms. The summed E-state index contributed by atoms with van der Waals surface area (Å²) in [7, 11) is 1.51. The van der Waals surface area contributed by atoms with Gasteiger partial charge in [0.15, 0.2) is 16.9 Å². The van der Waals surface area contributed by atoms with Crippen LogP contribution in [0, 0.1) is 12.7 Å². The number of methoxy groups -OCH3 is 1. The van der Waals surface area contributed by atoms with Gasteiger partial charge in [-0.1, -0.05) is 30.4 Å². The van der Waals surface area contributed by atoms with E-state index < -0.39 is 17.8 Å². The van der Waals surface area contributed by atoms with Crippen molar-refractivity contribution in [3.05, 3.63) is 112 Å². The molecule has 0 fully saturated rings. The molecule has 2 heterocycles. The van der Waals surface area contributed by atoms with Crippen LogP contribution in [0.5, 0.6) is 11.5 Å². The molecule has 1 amide bonds. The Morgan fingerprint density at radius 1 is 1.06 bits per heavy atom. The molecule has 1 aliphatic heterocycles. The number of hydrogen-bond donors (Lipinski definition) is 0. The summed E-state index contributed by atoms with van der Waals surface area (Å²) in [5.74, 6) is -0.0236. The van der Waals surface area contributed by atoms with Crippen LogP contribution in [-0.2, 0) is 0 Å². The molecule has 6 nitrogen and oxygen atoms in total. The number of benzene rings is 3. The van der Waals surface area contributed by atoms with Crippen molar-refractivity contribution >= 4 is 22.6 Å². The van der Waals surface area contributed by atoms with E-state index in [-0.39, 0.29) is 23.4 Å². The van der Waals surface area contributed by atoms with Crippen LogP contribution < -0.4 is 19.8 Å². The number of anilines is 1. The Labute approximate surface area is 200 Å². The predicted octanol–water partition coefficient (Wildman–Crippen LogP) is 5.56. The molecule has 176 valence electrons. The zero-order valence-electron chi connectivity index (χ0n) is 19.2. The minimum atomic E-state index is -0.813. The molecule has 5 rings (SSSR count). The van der Waals surface area contributed by atoms with Gasteiger partial charge in [0, 0.05) is 5.69 Å². The molecule has 0 bridgehead atoms. The Kier molecular flexibility index (Phi) is 5.61. The van der Waals surface area contributed by atoms with Crippen LogP contribution in [-0.4, -0.2) is 19.6 Å². The van der Waals surface area contributed by atoms with Gasteiger partial charge < -0.3 is 13.9 Å². The van der Waals surface area contributed by atoms with E-state index in [1.54, 1.807) is 36.4 Å². The third-order valence-corrected chi connectivity index (χ3v) is 5.99. The third-order valence-electron chi connectivity index (χ3n) is 5.99. The SMILES string of the molecule is C=CCOc1ccc(C2c3c(oc4ccc(C)cc4c3=O)C(=O)N2c2ccc(F)cc2)cc1OC. The van der Waals surface area contributed by atoms with Crippen molar-refractivity contribution in [1.82, 2.24) is 0 Å². The van der Waals surface area contributed by atoms with Crippen LogP contribution in [0.1, 0.15) is 33.3 Å². The molecule has 1 unspecified atom stereocenters. The first kappa shape index (κ1) is 22.4. The van der Waals surface area contributed by atoms with E-state index in [0.29, 0.717) is 33.7 Å².